The van der Waals surface area contributed by atoms with Gasteiger partial charge in [-0.25, -0.2) is 0 Å². The van der Waals surface area contributed by atoms with E-state index >= 15 is 0 Å². The van der Waals surface area contributed by atoms with Crippen molar-refractivity contribution in [1.29, 1.82) is 0 Å². The van der Waals surface area contributed by atoms with Gasteiger partial charge in [-0.3, -0.25) is 14.5 Å². The molecule has 1 heterocycles. The maximum atomic E-state index is 12.1. The quantitative estimate of drug-likeness (QED) is 0.229. The first kappa shape index (κ1) is 25.4. The molecule has 7 nitrogen and oxygen atoms in total. The highest BCUT2D eigenvalue weighted by Gasteiger charge is 2.15. The number of rotatable bonds is 7. The lowest BCUT2D eigenvalue weighted by molar-refractivity contribution is 0.0954. The van der Waals surface area contributed by atoms with Crippen LogP contribution < -0.4 is 10.6 Å². The van der Waals surface area contributed by atoms with Gasteiger partial charge in [0.2, 0.25) is 0 Å². The number of benzene rings is 1. The Morgan fingerprint density at radius 2 is 1.86 bits per heavy atom. The Kier molecular flexibility index (Phi) is 10.7. The summed E-state index contributed by atoms with van der Waals surface area (Å²) in [5.74, 6) is 1.06. The predicted molar refractivity (Wildman–Crippen MR) is 132 cm³/mol. The molecule has 0 atom stereocenters. The molecular weight excluding hydrogens is 547 g/mol. The molecule has 0 aliphatic heterocycles. The summed E-state index contributed by atoms with van der Waals surface area (Å²) in [6.07, 6.45) is 2.05. The Labute approximate surface area is 198 Å². The standard InChI is InChI=1S/C20H29BrN6O.HI/c1-14(2)18-16(13-27(5)25-18)12-26(4)20(22-3)24-11-10-23-19(28)15-6-8-17(21)9-7-15;/h6-9,13-14H,10-12H2,1-5H3,(H,22,24)(H,23,28);1H. The third-order valence-electron chi connectivity index (χ3n) is 4.26. The summed E-state index contributed by atoms with van der Waals surface area (Å²) in [6.45, 7) is 6.10. The van der Waals surface area contributed by atoms with E-state index in [1.54, 1.807) is 19.2 Å². The first-order valence-corrected chi connectivity index (χ1v) is 10.1. The molecule has 0 aliphatic carbocycles. The molecule has 0 spiro atoms. The molecule has 2 N–H and O–H groups in total. The van der Waals surface area contributed by atoms with E-state index in [1.807, 2.05) is 30.9 Å². The molecule has 0 fully saturated rings. The van der Waals surface area contributed by atoms with E-state index in [0.717, 1.165) is 16.1 Å². The topological polar surface area (TPSA) is 74.6 Å². The molecule has 1 amide bonds. The molecule has 0 radical (unpaired) electrons. The number of nitrogens with one attached hydrogen (secondary N) is 2. The molecular formula is C20H30BrIN6O. The third kappa shape index (κ3) is 7.61. The Morgan fingerprint density at radius 1 is 1.24 bits per heavy atom. The second-order valence-corrected chi connectivity index (χ2v) is 7.88. The average Bonchev–Trinajstić information content (AvgIpc) is 3.02. The normalized spacial score (nSPS) is 11.2. The van der Waals surface area contributed by atoms with Crippen molar-refractivity contribution in [2.75, 3.05) is 27.2 Å². The second-order valence-electron chi connectivity index (χ2n) is 6.96. The van der Waals surface area contributed by atoms with Crippen molar-refractivity contribution >= 4 is 51.8 Å². The lowest BCUT2D eigenvalue weighted by Crippen LogP contribution is -2.42. The molecule has 0 saturated heterocycles. The molecule has 2 rings (SSSR count). The first-order valence-electron chi connectivity index (χ1n) is 9.29. The van der Waals surface area contributed by atoms with E-state index in [-0.39, 0.29) is 29.9 Å². The maximum absolute atomic E-state index is 12.1. The highest BCUT2D eigenvalue weighted by atomic mass is 127. The molecule has 160 valence electrons. The number of hydrogen-bond acceptors (Lipinski definition) is 3. The van der Waals surface area contributed by atoms with Crippen molar-refractivity contribution in [3.8, 4) is 0 Å². The number of carbonyl (C=O) groups is 1. The zero-order chi connectivity index (χ0) is 20.7. The largest absolute Gasteiger partial charge is 0.354 e. The fourth-order valence-corrected chi connectivity index (χ4v) is 3.20. The molecule has 0 aliphatic rings. The van der Waals surface area contributed by atoms with Crippen LogP contribution in [0.4, 0.5) is 0 Å². The van der Waals surface area contributed by atoms with Crippen molar-refractivity contribution < 1.29 is 4.79 Å². The van der Waals surface area contributed by atoms with Crippen LogP contribution in [0, 0.1) is 0 Å². The van der Waals surface area contributed by atoms with E-state index in [9.17, 15) is 4.79 Å². The van der Waals surface area contributed by atoms with Crippen LogP contribution in [-0.2, 0) is 13.6 Å². The van der Waals surface area contributed by atoms with Crippen LogP contribution >= 0.6 is 39.9 Å². The number of aryl methyl sites for hydroxylation is 1. The SMILES string of the molecule is CN=C(NCCNC(=O)c1ccc(Br)cc1)N(C)Cc1cn(C)nc1C(C)C.I. The maximum Gasteiger partial charge on any atom is 0.251 e. The summed E-state index contributed by atoms with van der Waals surface area (Å²) in [6, 6.07) is 7.29. The number of halogens is 2. The summed E-state index contributed by atoms with van der Waals surface area (Å²) in [5, 5.41) is 10.8. The molecule has 2 aromatic rings. The van der Waals surface area contributed by atoms with Crippen molar-refractivity contribution in [3.05, 3.63) is 51.8 Å². The summed E-state index contributed by atoms with van der Waals surface area (Å²) in [7, 11) is 5.69. The van der Waals surface area contributed by atoms with Gasteiger partial charge >= 0.3 is 0 Å². The van der Waals surface area contributed by atoms with E-state index in [0.29, 0.717) is 31.1 Å². The zero-order valence-electron chi connectivity index (χ0n) is 17.6. The van der Waals surface area contributed by atoms with Gasteiger partial charge in [-0.1, -0.05) is 29.8 Å². The summed E-state index contributed by atoms with van der Waals surface area (Å²) < 4.78 is 2.80. The number of carbonyl (C=O) groups excluding carboxylic acids is 1. The molecule has 1 aromatic carbocycles. The van der Waals surface area contributed by atoms with Gasteiger partial charge in [-0.05, 0) is 30.2 Å². The van der Waals surface area contributed by atoms with Crippen LogP contribution in [0.25, 0.3) is 0 Å². The highest BCUT2D eigenvalue weighted by Crippen LogP contribution is 2.18. The van der Waals surface area contributed by atoms with E-state index in [1.165, 1.54) is 5.56 Å². The fraction of sp³-hybridized carbons (Fsp3) is 0.450. The van der Waals surface area contributed by atoms with E-state index in [4.69, 9.17) is 0 Å². The van der Waals surface area contributed by atoms with Gasteiger partial charge in [0.1, 0.15) is 0 Å². The molecule has 0 saturated carbocycles. The number of aromatic nitrogens is 2. The van der Waals surface area contributed by atoms with Crippen LogP contribution in [0.5, 0.6) is 0 Å². The third-order valence-corrected chi connectivity index (χ3v) is 4.79. The number of guanidine groups is 1. The Hall–Kier alpha value is -1.62. The van der Waals surface area contributed by atoms with Gasteiger partial charge in [0, 0.05) is 62.6 Å². The Bertz CT molecular complexity index is 819. The predicted octanol–water partition coefficient (Wildman–Crippen LogP) is 3.36. The van der Waals surface area contributed by atoms with Crippen molar-refractivity contribution in [2.24, 2.45) is 12.0 Å². The van der Waals surface area contributed by atoms with Crippen LogP contribution in [0.2, 0.25) is 0 Å². The summed E-state index contributed by atoms with van der Waals surface area (Å²) in [4.78, 5) is 18.5. The van der Waals surface area contributed by atoms with Crippen molar-refractivity contribution in [1.82, 2.24) is 25.3 Å². The van der Waals surface area contributed by atoms with Gasteiger partial charge in [-0.2, -0.15) is 5.10 Å². The number of amides is 1. The minimum absolute atomic E-state index is 0. The first-order chi connectivity index (χ1) is 13.3. The highest BCUT2D eigenvalue weighted by molar-refractivity contribution is 14.0. The lowest BCUT2D eigenvalue weighted by atomic mass is 10.1. The van der Waals surface area contributed by atoms with Gasteiger partial charge in [0.05, 0.1) is 5.69 Å². The second kappa shape index (κ2) is 12.2. The summed E-state index contributed by atoms with van der Waals surface area (Å²) >= 11 is 3.37. The van der Waals surface area contributed by atoms with Gasteiger partial charge in [0.15, 0.2) is 5.96 Å². The van der Waals surface area contributed by atoms with Crippen LogP contribution in [-0.4, -0.2) is 53.7 Å². The molecule has 9 heteroatoms. The minimum atomic E-state index is -0.0884. The monoisotopic (exact) mass is 576 g/mol. The number of hydrogen-bond donors (Lipinski definition) is 2. The van der Waals surface area contributed by atoms with Crippen molar-refractivity contribution in [3.63, 3.8) is 0 Å². The fourth-order valence-electron chi connectivity index (χ4n) is 2.93. The van der Waals surface area contributed by atoms with Crippen LogP contribution in [0.3, 0.4) is 0 Å². The van der Waals surface area contributed by atoms with Crippen molar-refractivity contribution in [2.45, 2.75) is 26.3 Å². The van der Waals surface area contributed by atoms with E-state index in [2.05, 4.69) is 61.6 Å². The molecule has 29 heavy (non-hydrogen) atoms. The zero-order valence-corrected chi connectivity index (χ0v) is 21.5. The van der Waals surface area contributed by atoms with Gasteiger partial charge in [-0.15, -0.1) is 24.0 Å². The van der Waals surface area contributed by atoms with E-state index < -0.39 is 0 Å². The van der Waals surface area contributed by atoms with Gasteiger partial charge < -0.3 is 15.5 Å². The minimum Gasteiger partial charge on any atom is -0.354 e. The Morgan fingerprint density at radius 3 is 2.45 bits per heavy atom. The molecule has 0 unspecified atom stereocenters. The summed E-state index contributed by atoms with van der Waals surface area (Å²) in [5.41, 5.74) is 2.93. The Balaban J connectivity index is 0.00000420. The average molecular weight is 577 g/mol. The molecule has 1 aromatic heterocycles. The lowest BCUT2D eigenvalue weighted by Gasteiger charge is -2.22. The van der Waals surface area contributed by atoms with Gasteiger partial charge in [0.25, 0.3) is 5.91 Å². The van der Waals surface area contributed by atoms with Crippen LogP contribution in [0.1, 0.15) is 41.4 Å². The number of aliphatic imine (C=N–C) groups is 1. The smallest absolute Gasteiger partial charge is 0.251 e. The number of nitrogens with zero attached hydrogens (tertiary/aromatic N) is 4. The molecule has 0 bridgehead atoms. The van der Waals surface area contributed by atoms with Crippen LogP contribution in [0.15, 0.2) is 39.9 Å².